The first-order chi connectivity index (χ1) is 8.69. The van der Waals surface area contributed by atoms with Crippen LogP contribution in [0.25, 0.3) is 10.8 Å². The first-order valence-corrected chi connectivity index (χ1v) is 6.47. The predicted octanol–water partition coefficient (Wildman–Crippen LogP) is 4.25. The molecule has 18 heavy (non-hydrogen) atoms. The summed E-state index contributed by atoms with van der Waals surface area (Å²) < 4.78 is 11.5. The molecule has 0 unspecified atom stereocenters. The highest BCUT2D eigenvalue weighted by atomic mass is 16.5. The number of hydrogen-bond acceptors (Lipinski definition) is 2. The van der Waals surface area contributed by atoms with E-state index < -0.39 is 0 Å². The first kappa shape index (κ1) is 12.7. The van der Waals surface area contributed by atoms with E-state index in [0.717, 1.165) is 33.4 Å². The lowest BCUT2D eigenvalue weighted by Gasteiger charge is -2.15. The molecule has 2 nitrogen and oxygen atoms in total. The normalized spacial score (nSPS) is 10.7. The highest BCUT2D eigenvalue weighted by molar-refractivity contribution is 5.95. The molecule has 0 aliphatic carbocycles. The van der Waals surface area contributed by atoms with Crippen molar-refractivity contribution >= 4 is 10.8 Å². The number of fused-ring (bicyclic) bond motifs is 1. The summed E-state index contributed by atoms with van der Waals surface area (Å²) in [4.78, 5) is 0. The van der Waals surface area contributed by atoms with Gasteiger partial charge in [-0.2, -0.15) is 0 Å². The van der Waals surface area contributed by atoms with Gasteiger partial charge in [0.15, 0.2) is 0 Å². The molecule has 0 N–H and O–H groups in total. The average molecular weight is 244 g/mol. The SMILES string of the molecule is CCOc1c(C)ccc2c(OCC)c(C)ccc12. The Labute approximate surface area is 109 Å². The van der Waals surface area contributed by atoms with Crippen LogP contribution in [-0.4, -0.2) is 13.2 Å². The second-order valence-corrected chi connectivity index (χ2v) is 4.38. The van der Waals surface area contributed by atoms with Crippen LogP contribution in [-0.2, 0) is 0 Å². The molecule has 0 aliphatic rings. The van der Waals surface area contributed by atoms with E-state index in [1.54, 1.807) is 0 Å². The first-order valence-electron chi connectivity index (χ1n) is 6.47. The molecule has 2 rings (SSSR count). The van der Waals surface area contributed by atoms with Crippen molar-refractivity contribution in [3.05, 3.63) is 35.4 Å². The third-order valence-corrected chi connectivity index (χ3v) is 3.07. The second-order valence-electron chi connectivity index (χ2n) is 4.38. The van der Waals surface area contributed by atoms with E-state index in [9.17, 15) is 0 Å². The van der Waals surface area contributed by atoms with E-state index in [4.69, 9.17) is 9.47 Å². The molecule has 0 fully saturated rings. The number of ether oxygens (including phenoxy) is 2. The number of rotatable bonds is 4. The largest absolute Gasteiger partial charge is 0.493 e. The average Bonchev–Trinajstić information content (AvgIpc) is 2.36. The molecule has 2 aromatic rings. The Bertz CT molecular complexity index is 507. The summed E-state index contributed by atoms with van der Waals surface area (Å²) in [5.74, 6) is 1.94. The summed E-state index contributed by atoms with van der Waals surface area (Å²) in [5, 5.41) is 2.26. The van der Waals surface area contributed by atoms with E-state index >= 15 is 0 Å². The van der Waals surface area contributed by atoms with Crippen LogP contribution in [0.3, 0.4) is 0 Å². The van der Waals surface area contributed by atoms with Crippen LogP contribution in [0.4, 0.5) is 0 Å². The zero-order chi connectivity index (χ0) is 13.1. The zero-order valence-corrected chi connectivity index (χ0v) is 11.5. The summed E-state index contributed by atoms with van der Waals surface area (Å²) in [6.07, 6.45) is 0. The highest BCUT2D eigenvalue weighted by Crippen LogP contribution is 2.36. The van der Waals surface area contributed by atoms with Gasteiger partial charge in [0.25, 0.3) is 0 Å². The molecular formula is C16H20O2. The van der Waals surface area contributed by atoms with Crippen LogP contribution >= 0.6 is 0 Å². The molecule has 0 heterocycles. The molecule has 0 aliphatic heterocycles. The van der Waals surface area contributed by atoms with Crippen LogP contribution in [0.15, 0.2) is 24.3 Å². The molecular weight excluding hydrogens is 224 g/mol. The van der Waals surface area contributed by atoms with E-state index in [1.807, 2.05) is 13.8 Å². The van der Waals surface area contributed by atoms with Crippen molar-refractivity contribution in [3.8, 4) is 11.5 Å². The molecule has 0 aromatic heterocycles. The number of benzene rings is 2. The Morgan fingerprint density at radius 3 is 1.44 bits per heavy atom. The van der Waals surface area contributed by atoms with Crippen molar-refractivity contribution in [2.75, 3.05) is 13.2 Å². The summed E-state index contributed by atoms with van der Waals surface area (Å²) in [5.41, 5.74) is 2.33. The van der Waals surface area contributed by atoms with E-state index in [2.05, 4.69) is 38.1 Å². The van der Waals surface area contributed by atoms with Gasteiger partial charge in [-0.3, -0.25) is 0 Å². The third-order valence-electron chi connectivity index (χ3n) is 3.07. The standard InChI is InChI=1S/C16H20O2/c1-5-17-15-11(3)7-10-14-13(15)9-8-12(4)16(14)18-6-2/h7-10H,5-6H2,1-4H3. The van der Waals surface area contributed by atoms with Crippen molar-refractivity contribution in [1.82, 2.24) is 0 Å². The van der Waals surface area contributed by atoms with Crippen LogP contribution in [0.2, 0.25) is 0 Å². The summed E-state index contributed by atoms with van der Waals surface area (Å²) in [6, 6.07) is 8.42. The van der Waals surface area contributed by atoms with Gasteiger partial charge in [-0.1, -0.05) is 24.3 Å². The molecule has 0 bridgehead atoms. The Balaban J connectivity index is 2.71. The quantitative estimate of drug-likeness (QED) is 0.800. The Morgan fingerprint density at radius 2 is 1.11 bits per heavy atom. The minimum atomic E-state index is 0.678. The van der Waals surface area contributed by atoms with Gasteiger partial charge in [0, 0.05) is 10.8 Å². The van der Waals surface area contributed by atoms with Crippen LogP contribution in [0, 0.1) is 13.8 Å². The molecule has 0 radical (unpaired) electrons. The maximum Gasteiger partial charge on any atom is 0.130 e. The fraction of sp³-hybridized carbons (Fsp3) is 0.375. The number of hydrogen-bond donors (Lipinski definition) is 0. The zero-order valence-electron chi connectivity index (χ0n) is 11.5. The van der Waals surface area contributed by atoms with E-state index in [0.29, 0.717) is 13.2 Å². The Hall–Kier alpha value is -1.70. The maximum atomic E-state index is 5.77. The van der Waals surface area contributed by atoms with Gasteiger partial charge in [0.1, 0.15) is 11.5 Å². The molecule has 96 valence electrons. The van der Waals surface area contributed by atoms with Gasteiger partial charge >= 0.3 is 0 Å². The third kappa shape index (κ3) is 2.15. The fourth-order valence-electron chi connectivity index (χ4n) is 2.24. The van der Waals surface area contributed by atoms with Gasteiger partial charge in [-0.05, 0) is 38.8 Å². The molecule has 0 atom stereocenters. The summed E-state index contributed by atoms with van der Waals surface area (Å²) in [7, 11) is 0. The van der Waals surface area contributed by atoms with Crippen LogP contribution < -0.4 is 9.47 Å². The van der Waals surface area contributed by atoms with Gasteiger partial charge in [-0.15, -0.1) is 0 Å². The Kier molecular flexibility index (Phi) is 3.75. The molecule has 0 spiro atoms. The molecule has 0 saturated heterocycles. The molecule has 0 amide bonds. The van der Waals surface area contributed by atoms with Gasteiger partial charge in [0.2, 0.25) is 0 Å². The molecule has 2 aromatic carbocycles. The van der Waals surface area contributed by atoms with Crippen molar-refractivity contribution in [2.24, 2.45) is 0 Å². The maximum absolute atomic E-state index is 5.77. The van der Waals surface area contributed by atoms with E-state index in [-0.39, 0.29) is 0 Å². The van der Waals surface area contributed by atoms with Gasteiger partial charge < -0.3 is 9.47 Å². The fourth-order valence-corrected chi connectivity index (χ4v) is 2.24. The van der Waals surface area contributed by atoms with Crippen LogP contribution in [0.1, 0.15) is 25.0 Å². The lowest BCUT2D eigenvalue weighted by Crippen LogP contribution is -1.98. The molecule has 2 heteroatoms. The highest BCUT2D eigenvalue weighted by Gasteiger charge is 2.11. The van der Waals surface area contributed by atoms with Crippen molar-refractivity contribution in [2.45, 2.75) is 27.7 Å². The van der Waals surface area contributed by atoms with Crippen molar-refractivity contribution in [1.29, 1.82) is 0 Å². The Morgan fingerprint density at radius 1 is 0.722 bits per heavy atom. The van der Waals surface area contributed by atoms with Crippen LogP contribution in [0.5, 0.6) is 11.5 Å². The lowest BCUT2D eigenvalue weighted by molar-refractivity contribution is 0.338. The minimum Gasteiger partial charge on any atom is -0.493 e. The van der Waals surface area contributed by atoms with Gasteiger partial charge in [0.05, 0.1) is 13.2 Å². The number of aryl methyl sites for hydroxylation is 2. The summed E-state index contributed by atoms with van der Waals surface area (Å²) >= 11 is 0. The topological polar surface area (TPSA) is 18.5 Å². The van der Waals surface area contributed by atoms with E-state index in [1.165, 1.54) is 0 Å². The van der Waals surface area contributed by atoms with Crippen molar-refractivity contribution in [3.63, 3.8) is 0 Å². The summed E-state index contributed by atoms with van der Waals surface area (Å²) in [6.45, 7) is 9.52. The van der Waals surface area contributed by atoms with Crippen molar-refractivity contribution < 1.29 is 9.47 Å². The lowest BCUT2D eigenvalue weighted by atomic mass is 10.0. The second kappa shape index (κ2) is 5.30. The predicted molar refractivity (Wildman–Crippen MR) is 75.8 cm³/mol. The minimum absolute atomic E-state index is 0.678. The smallest absolute Gasteiger partial charge is 0.130 e. The van der Waals surface area contributed by atoms with Gasteiger partial charge in [-0.25, -0.2) is 0 Å². The monoisotopic (exact) mass is 244 g/mol. The molecule has 0 saturated carbocycles.